The molecule has 0 bridgehead atoms. The second-order valence-electron chi connectivity index (χ2n) is 4.32. The van der Waals surface area contributed by atoms with E-state index in [9.17, 15) is 9.18 Å². The van der Waals surface area contributed by atoms with Gasteiger partial charge in [-0.3, -0.25) is 4.79 Å². The second kappa shape index (κ2) is 6.35. The van der Waals surface area contributed by atoms with Gasteiger partial charge in [0, 0.05) is 13.0 Å². The van der Waals surface area contributed by atoms with Gasteiger partial charge in [0.25, 0.3) is 0 Å². The van der Waals surface area contributed by atoms with Crippen molar-refractivity contribution in [3.05, 3.63) is 35.1 Å². The number of halogens is 1. The van der Waals surface area contributed by atoms with Crippen LogP contribution in [0.2, 0.25) is 0 Å². The van der Waals surface area contributed by atoms with Crippen molar-refractivity contribution in [2.75, 3.05) is 13.6 Å². The summed E-state index contributed by atoms with van der Waals surface area (Å²) in [5.41, 5.74) is 1.55. The van der Waals surface area contributed by atoms with Gasteiger partial charge in [-0.2, -0.15) is 0 Å². The maximum atomic E-state index is 13.3. The molecule has 0 heterocycles. The van der Waals surface area contributed by atoms with Gasteiger partial charge in [-0.05, 0) is 44.1 Å². The number of carboxylic acid groups (broad SMARTS) is 1. The van der Waals surface area contributed by atoms with Crippen LogP contribution in [0.25, 0.3) is 0 Å². The van der Waals surface area contributed by atoms with Crippen LogP contribution in [0.3, 0.4) is 0 Å². The van der Waals surface area contributed by atoms with E-state index in [1.54, 1.807) is 13.0 Å². The number of nitrogens with zero attached hydrogens (tertiary/aromatic N) is 1. The molecule has 0 atom stereocenters. The third-order valence-electron chi connectivity index (χ3n) is 2.62. The number of carboxylic acids is 1. The Hall–Kier alpha value is -1.42. The summed E-state index contributed by atoms with van der Waals surface area (Å²) in [6.45, 7) is 3.06. The molecule has 0 aliphatic rings. The van der Waals surface area contributed by atoms with Crippen molar-refractivity contribution < 1.29 is 14.3 Å². The van der Waals surface area contributed by atoms with Crippen LogP contribution in [-0.2, 0) is 11.3 Å². The maximum absolute atomic E-state index is 13.3. The van der Waals surface area contributed by atoms with Crippen molar-refractivity contribution in [2.45, 2.75) is 26.3 Å². The Morgan fingerprint density at radius 1 is 1.47 bits per heavy atom. The molecular weight excluding hydrogens is 221 g/mol. The molecule has 1 N–H and O–H groups in total. The van der Waals surface area contributed by atoms with Crippen LogP contribution in [0.5, 0.6) is 0 Å². The van der Waals surface area contributed by atoms with E-state index in [2.05, 4.69) is 0 Å². The number of hydrogen-bond donors (Lipinski definition) is 1. The van der Waals surface area contributed by atoms with Gasteiger partial charge in [-0.1, -0.05) is 12.1 Å². The Labute approximate surface area is 101 Å². The highest BCUT2D eigenvalue weighted by Crippen LogP contribution is 2.11. The van der Waals surface area contributed by atoms with Crippen LogP contribution in [0.1, 0.15) is 24.0 Å². The van der Waals surface area contributed by atoms with Crippen molar-refractivity contribution in [2.24, 2.45) is 0 Å². The first-order valence-electron chi connectivity index (χ1n) is 5.64. The molecule has 0 saturated carbocycles. The van der Waals surface area contributed by atoms with Gasteiger partial charge in [-0.25, -0.2) is 4.39 Å². The first-order valence-corrected chi connectivity index (χ1v) is 5.64. The third kappa shape index (κ3) is 4.95. The molecule has 0 spiro atoms. The first-order chi connectivity index (χ1) is 7.99. The zero-order valence-electron chi connectivity index (χ0n) is 10.2. The van der Waals surface area contributed by atoms with E-state index >= 15 is 0 Å². The summed E-state index contributed by atoms with van der Waals surface area (Å²) in [5, 5.41) is 8.51. The topological polar surface area (TPSA) is 40.5 Å². The van der Waals surface area contributed by atoms with Crippen LogP contribution < -0.4 is 0 Å². The monoisotopic (exact) mass is 239 g/mol. The van der Waals surface area contributed by atoms with Crippen molar-refractivity contribution in [1.29, 1.82) is 0 Å². The lowest BCUT2D eigenvalue weighted by molar-refractivity contribution is -0.137. The minimum absolute atomic E-state index is 0.173. The average molecular weight is 239 g/mol. The molecule has 1 aromatic carbocycles. The van der Waals surface area contributed by atoms with Crippen LogP contribution in [-0.4, -0.2) is 29.6 Å². The van der Waals surface area contributed by atoms with Crippen LogP contribution in [0, 0.1) is 12.7 Å². The van der Waals surface area contributed by atoms with Gasteiger partial charge >= 0.3 is 5.97 Å². The van der Waals surface area contributed by atoms with E-state index in [-0.39, 0.29) is 12.2 Å². The Morgan fingerprint density at radius 3 is 2.76 bits per heavy atom. The molecule has 94 valence electrons. The number of carbonyl (C=O) groups is 1. The lowest BCUT2D eigenvalue weighted by Crippen LogP contribution is -2.19. The predicted molar refractivity (Wildman–Crippen MR) is 64.3 cm³/mol. The van der Waals surface area contributed by atoms with Crippen molar-refractivity contribution in [3.8, 4) is 0 Å². The van der Waals surface area contributed by atoms with Crippen molar-refractivity contribution >= 4 is 5.97 Å². The summed E-state index contributed by atoms with van der Waals surface area (Å²) in [7, 11) is 1.90. The smallest absolute Gasteiger partial charge is 0.303 e. The molecule has 1 aromatic rings. The Kier molecular flexibility index (Phi) is 5.10. The van der Waals surface area contributed by atoms with E-state index in [1.165, 1.54) is 6.07 Å². The van der Waals surface area contributed by atoms with E-state index < -0.39 is 5.97 Å². The van der Waals surface area contributed by atoms with Gasteiger partial charge in [0.2, 0.25) is 0 Å². The molecule has 0 aliphatic carbocycles. The normalized spacial score (nSPS) is 10.8. The summed E-state index contributed by atoms with van der Waals surface area (Å²) < 4.78 is 13.3. The third-order valence-corrected chi connectivity index (χ3v) is 2.62. The molecular formula is C13H18FNO2. The standard InChI is InChI=1S/C13H18FNO2/c1-10-5-6-11(8-12(10)14)9-15(2)7-3-4-13(16)17/h5-6,8H,3-4,7,9H2,1-2H3,(H,16,17). The Bertz CT molecular complexity index is 393. The minimum Gasteiger partial charge on any atom is -0.481 e. The van der Waals surface area contributed by atoms with Crippen molar-refractivity contribution in [3.63, 3.8) is 0 Å². The fourth-order valence-electron chi connectivity index (χ4n) is 1.63. The summed E-state index contributed by atoms with van der Waals surface area (Å²) >= 11 is 0. The average Bonchev–Trinajstić information content (AvgIpc) is 2.23. The lowest BCUT2D eigenvalue weighted by Gasteiger charge is -2.16. The van der Waals surface area contributed by atoms with Crippen LogP contribution in [0.15, 0.2) is 18.2 Å². The molecule has 1 rings (SSSR count). The van der Waals surface area contributed by atoms with Gasteiger partial charge in [-0.15, -0.1) is 0 Å². The predicted octanol–water partition coefficient (Wildman–Crippen LogP) is 2.43. The molecule has 0 aromatic heterocycles. The number of aliphatic carboxylic acids is 1. The summed E-state index contributed by atoms with van der Waals surface area (Å²) in [5.74, 6) is -0.971. The molecule has 4 heteroatoms. The molecule has 17 heavy (non-hydrogen) atoms. The Morgan fingerprint density at radius 2 is 2.18 bits per heavy atom. The number of rotatable bonds is 6. The highest BCUT2D eigenvalue weighted by atomic mass is 19.1. The maximum Gasteiger partial charge on any atom is 0.303 e. The van der Waals surface area contributed by atoms with E-state index in [0.717, 1.165) is 5.56 Å². The minimum atomic E-state index is -0.778. The lowest BCUT2D eigenvalue weighted by atomic mass is 10.1. The summed E-state index contributed by atoms with van der Waals surface area (Å²) in [4.78, 5) is 12.3. The van der Waals surface area contributed by atoms with Gasteiger partial charge in [0.05, 0.1) is 0 Å². The number of hydrogen-bond acceptors (Lipinski definition) is 2. The molecule has 0 amide bonds. The van der Waals surface area contributed by atoms with Crippen LogP contribution in [0.4, 0.5) is 4.39 Å². The Balaban J connectivity index is 2.42. The number of aryl methyl sites for hydroxylation is 1. The van der Waals surface area contributed by atoms with Crippen molar-refractivity contribution in [1.82, 2.24) is 4.90 Å². The van der Waals surface area contributed by atoms with Gasteiger partial charge in [0.1, 0.15) is 5.82 Å². The highest BCUT2D eigenvalue weighted by molar-refractivity contribution is 5.66. The molecule has 3 nitrogen and oxygen atoms in total. The van der Waals surface area contributed by atoms with Gasteiger partial charge in [0.15, 0.2) is 0 Å². The largest absolute Gasteiger partial charge is 0.481 e. The number of benzene rings is 1. The van der Waals surface area contributed by atoms with Gasteiger partial charge < -0.3 is 10.0 Å². The SMILES string of the molecule is Cc1ccc(CN(C)CCCC(=O)O)cc1F. The second-order valence-corrected chi connectivity index (χ2v) is 4.32. The highest BCUT2D eigenvalue weighted by Gasteiger charge is 2.04. The zero-order chi connectivity index (χ0) is 12.8. The quantitative estimate of drug-likeness (QED) is 0.828. The fraction of sp³-hybridized carbons (Fsp3) is 0.462. The van der Waals surface area contributed by atoms with E-state index in [0.29, 0.717) is 25.1 Å². The van der Waals surface area contributed by atoms with Crippen LogP contribution >= 0.6 is 0 Å². The fourth-order valence-corrected chi connectivity index (χ4v) is 1.63. The molecule has 0 aliphatic heterocycles. The molecule has 0 radical (unpaired) electrons. The van der Waals surface area contributed by atoms with E-state index in [1.807, 2.05) is 18.0 Å². The van der Waals surface area contributed by atoms with E-state index in [4.69, 9.17) is 5.11 Å². The first kappa shape index (κ1) is 13.6. The molecule has 0 fully saturated rings. The summed E-state index contributed by atoms with van der Waals surface area (Å²) in [6.07, 6.45) is 0.784. The zero-order valence-corrected chi connectivity index (χ0v) is 10.2. The molecule has 0 saturated heterocycles. The summed E-state index contributed by atoms with van der Waals surface area (Å²) in [6, 6.07) is 5.19. The molecule has 0 unspecified atom stereocenters.